The van der Waals surface area contributed by atoms with Crippen LogP contribution in [0.1, 0.15) is 22.8 Å². The van der Waals surface area contributed by atoms with E-state index in [1.54, 1.807) is 24.5 Å². The highest BCUT2D eigenvalue weighted by Gasteiger charge is 2.15. The molecule has 0 bridgehead atoms. The molecule has 1 aromatic carbocycles. The maximum absolute atomic E-state index is 11.4. The number of carboxylic acid groups (broad SMARTS) is 1. The van der Waals surface area contributed by atoms with Crippen molar-refractivity contribution in [2.24, 2.45) is 0 Å². The molecule has 0 spiro atoms. The molecule has 0 amide bonds. The molecule has 2 aromatic rings. The van der Waals surface area contributed by atoms with Crippen molar-refractivity contribution in [3.05, 3.63) is 58.3 Å². The molecule has 0 unspecified atom stereocenters. The van der Waals surface area contributed by atoms with Gasteiger partial charge in [0.15, 0.2) is 0 Å². The molecule has 1 aromatic heterocycles. The summed E-state index contributed by atoms with van der Waals surface area (Å²) in [7, 11) is 0. The van der Waals surface area contributed by atoms with Crippen molar-refractivity contribution < 1.29 is 9.90 Å². The second-order valence-corrected chi connectivity index (χ2v) is 5.25. The number of aromatic carboxylic acids is 1. The topological polar surface area (TPSA) is 53.4 Å². The van der Waals surface area contributed by atoms with Gasteiger partial charge in [-0.15, -0.1) is 0 Å². The SMILES string of the molecule is CCN(Cc1ccncc1)c1cc(Br)ccc1C(=O)O. The predicted octanol–water partition coefficient (Wildman–Crippen LogP) is 3.57. The van der Waals surface area contributed by atoms with Crippen LogP contribution >= 0.6 is 15.9 Å². The lowest BCUT2D eigenvalue weighted by molar-refractivity contribution is 0.0697. The first-order chi connectivity index (χ1) is 9.61. The fourth-order valence-electron chi connectivity index (χ4n) is 2.02. The Labute approximate surface area is 126 Å². The van der Waals surface area contributed by atoms with Crippen LogP contribution in [0.15, 0.2) is 47.2 Å². The molecule has 0 radical (unpaired) electrons. The smallest absolute Gasteiger partial charge is 0.337 e. The maximum Gasteiger partial charge on any atom is 0.337 e. The highest BCUT2D eigenvalue weighted by atomic mass is 79.9. The minimum absolute atomic E-state index is 0.309. The average molecular weight is 335 g/mol. The van der Waals surface area contributed by atoms with Crippen LogP contribution in [0.5, 0.6) is 0 Å². The van der Waals surface area contributed by atoms with E-state index in [2.05, 4.69) is 20.9 Å². The highest BCUT2D eigenvalue weighted by Crippen LogP contribution is 2.26. The van der Waals surface area contributed by atoms with Crippen LogP contribution in [0.2, 0.25) is 0 Å². The highest BCUT2D eigenvalue weighted by molar-refractivity contribution is 9.10. The Morgan fingerprint density at radius 2 is 2.00 bits per heavy atom. The van der Waals surface area contributed by atoms with Gasteiger partial charge in [0.2, 0.25) is 0 Å². The number of aromatic nitrogens is 1. The molecule has 0 saturated heterocycles. The van der Waals surface area contributed by atoms with Crippen LogP contribution in [0, 0.1) is 0 Å². The monoisotopic (exact) mass is 334 g/mol. The third-order valence-electron chi connectivity index (χ3n) is 3.04. The number of nitrogens with zero attached hydrogens (tertiary/aromatic N) is 2. The summed E-state index contributed by atoms with van der Waals surface area (Å²) in [4.78, 5) is 17.4. The summed E-state index contributed by atoms with van der Waals surface area (Å²) in [5.41, 5.74) is 2.12. The Balaban J connectivity index is 2.36. The van der Waals surface area contributed by atoms with Crippen LogP contribution < -0.4 is 4.90 Å². The van der Waals surface area contributed by atoms with Gasteiger partial charge in [-0.3, -0.25) is 4.98 Å². The molecule has 0 aliphatic rings. The van der Waals surface area contributed by atoms with Crippen molar-refractivity contribution in [1.29, 1.82) is 0 Å². The van der Waals surface area contributed by atoms with E-state index in [-0.39, 0.29) is 0 Å². The fraction of sp³-hybridized carbons (Fsp3) is 0.200. The Hall–Kier alpha value is -1.88. The zero-order chi connectivity index (χ0) is 14.5. The summed E-state index contributed by atoms with van der Waals surface area (Å²) in [5.74, 6) is -0.916. The van der Waals surface area contributed by atoms with E-state index < -0.39 is 5.97 Å². The molecule has 0 fully saturated rings. The number of hydrogen-bond donors (Lipinski definition) is 1. The molecule has 2 rings (SSSR count). The van der Waals surface area contributed by atoms with Gasteiger partial charge in [-0.2, -0.15) is 0 Å². The van der Waals surface area contributed by atoms with Crippen molar-refractivity contribution in [2.45, 2.75) is 13.5 Å². The van der Waals surface area contributed by atoms with E-state index in [0.29, 0.717) is 17.8 Å². The van der Waals surface area contributed by atoms with Crippen LogP contribution in [-0.4, -0.2) is 22.6 Å². The number of anilines is 1. The van der Waals surface area contributed by atoms with E-state index in [0.717, 1.165) is 16.6 Å². The molecule has 5 heteroatoms. The minimum Gasteiger partial charge on any atom is -0.478 e. The Morgan fingerprint density at radius 3 is 2.60 bits per heavy atom. The van der Waals surface area contributed by atoms with Gasteiger partial charge in [-0.05, 0) is 42.8 Å². The lowest BCUT2D eigenvalue weighted by Gasteiger charge is -2.25. The third kappa shape index (κ3) is 3.36. The zero-order valence-corrected chi connectivity index (χ0v) is 12.7. The van der Waals surface area contributed by atoms with E-state index in [4.69, 9.17) is 0 Å². The number of benzene rings is 1. The lowest BCUT2D eigenvalue weighted by atomic mass is 10.1. The van der Waals surface area contributed by atoms with Gasteiger partial charge in [0, 0.05) is 30.0 Å². The number of pyridine rings is 1. The fourth-order valence-corrected chi connectivity index (χ4v) is 2.37. The predicted molar refractivity (Wildman–Crippen MR) is 82.1 cm³/mol. The van der Waals surface area contributed by atoms with Gasteiger partial charge in [-0.1, -0.05) is 15.9 Å². The van der Waals surface area contributed by atoms with Crippen LogP contribution in [-0.2, 0) is 6.54 Å². The van der Waals surface area contributed by atoms with Gasteiger partial charge < -0.3 is 10.0 Å². The number of hydrogen-bond acceptors (Lipinski definition) is 3. The second kappa shape index (κ2) is 6.52. The molecule has 0 aliphatic carbocycles. The van der Waals surface area contributed by atoms with E-state index in [1.807, 2.05) is 30.0 Å². The number of rotatable bonds is 5. The second-order valence-electron chi connectivity index (χ2n) is 4.34. The number of carbonyl (C=O) groups is 1. The molecule has 4 nitrogen and oxygen atoms in total. The molecule has 1 N–H and O–H groups in total. The van der Waals surface area contributed by atoms with Gasteiger partial charge >= 0.3 is 5.97 Å². The quantitative estimate of drug-likeness (QED) is 0.908. The minimum atomic E-state index is -0.916. The summed E-state index contributed by atoms with van der Waals surface area (Å²) in [6.45, 7) is 3.38. The standard InChI is InChI=1S/C15H15BrN2O2/c1-2-18(10-11-5-7-17-8-6-11)14-9-12(16)3-4-13(14)15(19)20/h3-9H,2,10H2,1H3,(H,19,20). The molecular weight excluding hydrogens is 320 g/mol. The van der Waals surface area contributed by atoms with E-state index in [9.17, 15) is 9.90 Å². The summed E-state index contributed by atoms with van der Waals surface area (Å²) >= 11 is 3.40. The third-order valence-corrected chi connectivity index (χ3v) is 3.53. The summed E-state index contributed by atoms with van der Waals surface area (Å²) in [5, 5.41) is 9.32. The molecule has 1 heterocycles. The lowest BCUT2D eigenvalue weighted by Crippen LogP contribution is -2.24. The van der Waals surface area contributed by atoms with Crippen molar-refractivity contribution >= 4 is 27.6 Å². The molecule has 0 atom stereocenters. The molecular formula is C15H15BrN2O2. The first-order valence-electron chi connectivity index (χ1n) is 6.28. The van der Waals surface area contributed by atoms with Crippen molar-refractivity contribution in [3.8, 4) is 0 Å². The molecule has 0 saturated carbocycles. The summed E-state index contributed by atoms with van der Waals surface area (Å²) in [6, 6.07) is 9.07. The van der Waals surface area contributed by atoms with Crippen LogP contribution in [0.3, 0.4) is 0 Å². The first-order valence-corrected chi connectivity index (χ1v) is 7.07. The van der Waals surface area contributed by atoms with Crippen molar-refractivity contribution in [1.82, 2.24) is 4.98 Å². The van der Waals surface area contributed by atoms with Crippen molar-refractivity contribution in [3.63, 3.8) is 0 Å². The molecule has 104 valence electrons. The van der Waals surface area contributed by atoms with Gasteiger partial charge in [-0.25, -0.2) is 4.79 Å². The normalized spacial score (nSPS) is 10.3. The molecule has 0 aliphatic heterocycles. The largest absolute Gasteiger partial charge is 0.478 e. The maximum atomic E-state index is 11.4. The Morgan fingerprint density at radius 1 is 1.30 bits per heavy atom. The van der Waals surface area contributed by atoms with Crippen molar-refractivity contribution in [2.75, 3.05) is 11.4 Å². The van der Waals surface area contributed by atoms with Crippen LogP contribution in [0.4, 0.5) is 5.69 Å². The van der Waals surface area contributed by atoms with Gasteiger partial charge in [0.05, 0.1) is 11.3 Å². The Kier molecular flexibility index (Phi) is 4.74. The van der Waals surface area contributed by atoms with E-state index in [1.165, 1.54) is 0 Å². The Bertz CT molecular complexity index is 602. The average Bonchev–Trinajstić information content (AvgIpc) is 2.45. The van der Waals surface area contributed by atoms with Gasteiger partial charge in [0.1, 0.15) is 0 Å². The number of halogens is 1. The summed E-state index contributed by atoms with van der Waals surface area (Å²) < 4.78 is 0.866. The van der Waals surface area contributed by atoms with E-state index >= 15 is 0 Å². The summed E-state index contributed by atoms with van der Waals surface area (Å²) in [6.07, 6.45) is 3.48. The zero-order valence-electron chi connectivity index (χ0n) is 11.1. The van der Waals surface area contributed by atoms with Crippen LogP contribution in [0.25, 0.3) is 0 Å². The first kappa shape index (κ1) is 14.5. The number of carboxylic acids is 1. The van der Waals surface area contributed by atoms with Gasteiger partial charge in [0.25, 0.3) is 0 Å². The molecule has 20 heavy (non-hydrogen) atoms.